The van der Waals surface area contributed by atoms with Crippen molar-refractivity contribution in [2.75, 3.05) is 6.61 Å². The smallest absolute Gasteiger partial charge is 0.170 e. The van der Waals surface area contributed by atoms with Gasteiger partial charge in [0.2, 0.25) is 0 Å². The maximum atomic E-state index is 6.08. The highest BCUT2D eigenvalue weighted by Crippen LogP contribution is 2.35. The first-order valence-electron chi connectivity index (χ1n) is 4.23. The summed E-state index contributed by atoms with van der Waals surface area (Å²) < 4.78 is 5.12. The lowest BCUT2D eigenvalue weighted by atomic mass is 9.94. The van der Waals surface area contributed by atoms with Gasteiger partial charge in [0.25, 0.3) is 0 Å². The summed E-state index contributed by atoms with van der Waals surface area (Å²) in [6.45, 7) is 2.47. The van der Waals surface area contributed by atoms with E-state index in [1.54, 1.807) is 12.1 Å². The Bertz CT molecular complexity index is 392. The predicted molar refractivity (Wildman–Crippen MR) is 58.3 cm³/mol. The molecule has 0 aliphatic carbocycles. The molecule has 14 heavy (non-hydrogen) atoms. The first kappa shape index (κ1) is 9.81. The molecule has 74 valence electrons. The van der Waals surface area contributed by atoms with E-state index >= 15 is 0 Å². The van der Waals surface area contributed by atoms with Crippen LogP contribution < -0.4 is 0 Å². The third-order valence-electron chi connectivity index (χ3n) is 2.29. The molecular formula is C10H9Cl2NO. The Kier molecular flexibility index (Phi) is 2.41. The number of hydrogen-bond donors (Lipinski definition) is 0. The Morgan fingerprint density at radius 1 is 1.43 bits per heavy atom. The van der Waals surface area contributed by atoms with Gasteiger partial charge in [0.05, 0.1) is 0 Å². The highest BCUT2D eigenvalue weighted by Gasteiger charge is 2.31. The fourth-order valence-corrected chi connectivity index (χ4v) is 1.94. The summed E-state index contributed by atoms with van der Waals surface area (Å²) in [6.07, 6.45) is 1.46. The minimum absolute atomic E-state index is 0.401. The summed E-state index contributed by atoms with van der Waals surface area (Å²) in [6, 6.07) is 5.37. The van der Waals surface area contributed by atoms with Gasteiger partial charge in [-0.25, -0.2) is 4.99 Å². The van der Waals surface area contributed by atoms with Crippen molar-refractivity contribution in [3.8, 4) is 0 Å². The molecule has 0 bridgehead atoms. The molecule has 0 aromatic heterocycles. The molecule has 0 amide bonds. The van der Waals surface area contributed by atoms with E-state index in [0.29, 0.717) is 16.7 Å². The van der Waals surface area contributed by atoms with Crippen molar-refractivity contribution in [1.82, 2.24) is 0 Å². The van der Waals surface area contributed by atoms with Crippen LogP contribution in [-0.4, -0.2) is 13.0 Å². The lowest BCUT2D eigenvalue weighted by Crippen LogP contribution is -2.21. The zero-order chi connectivity index (χ0) is 10.2. The molecule has 0 saturated heterocycles. The van der Waals surface area contributed by atoms with Crippen molar-refractivity contribution < 1.29 is 4.74 Å². The van der Waals surface area contributed by atoms with Gasteiger partial charge in [-0.15, -0.1) is 0 Å². The summed E-state index contributed by atoms with van der Waals surface area (Å²) in [4.78, 5) is 4.25. The highest BCUT2D eigenvalue weighted by atomic mass is 35.5. The van der Waals surface area contributed by atoms with E-state index in [-0.39, 0.29) is 0 Å². The average Bonchev–Trinajstić information content (AvgIpc) is 2.58. The molecule has 1 atom stereocenters. The maximum absolute atomic E-state index is 6.08. The van der Waals surface area contributed by atoms with E-state index in [4.69, 9.17) is 27.9 Å². The number of nitrogens with zero attached hydrogens (tertiary/aromatic N) is 1. The van der Waals surface area contributed by atoms with E-state index in [2.05, 4.69) is 4.99 Å². The SMILES string of the molecule is CC1(c2cc(Cl)ccc2Cl)COC=N1. The second-order valence-corrected chi connectivity index (χ2v) is 4.29. The van der Waals surface area contributed by atoms with Gasteiger partial charge in [0.1, 0.15) is 12.1 Å². The number of aliphatic imine (C=N–C) groups is 1. The maximum Gasteiger partial charge on any atom is 0.170 e. The minimum atomic E-state index is -0.401. The van der Waals surface area contributed by atoms with Gasteiger partial charge in [-0.2, -0.15) is 0 Å². The molecule has 0 saturated carbocycles. The normalized spacial score (nSPS) is 25.1. The van der Waals surface area contributed by atoms with Gasteiger partial charge >= 0.3 is 0 Å². The van der Waals surface area contributed by atoms with E-state index in [9.17, 15) is 0 Å². The second kappa shape index (κ2) is 3.44. The van der Waals surface area contributed by atoms with Crippen molar-refractivity contribution in [3.05, 3.63) is 33.8 Å². The van der Waals surface area contributed by atoms with Gasteiger partial charge in [-0.3, -0.25) is 0 Å². The quantitative estimate of drug-likeness (QED) is 0.725. The zero-order valence-corrected chi connectivity index (χ0v) is 9.14. The first-order chi connectivity index (χ1) is 6.62. The molecule has 1 unspecified atom stereocenters. The van der Waals surface area contributed by atoms with Gasteiger partial charge < -0.3 is 4.74 Å². The molecule has 1 aliphatic rings. The molecule has 1 heterocycles. The molecule has 4 heteroatoms. The largest absolute Gasteiger partial charge is 0.481 e. The van der Waals surface area contributed by atoms with E-state index < -0.39 is 5.54 Å². The van der Waals surface area contributed by atoms with E-state index in [0.717, 1.165) is 5.56 Å². The van der Waals surface area contributed by atoms with E-state index in [1.165, 1.54) is 6.40 Å². The van der Waals surface area contributed by atoms with Crippen molar-refractivity contribution in [2.24, 2.45) is 4.99 Å². The fraction of sp³-hybridized carbons (Fsp3) is 0.300. The van der Waals surface area contributed by atoms with Crippen LogP contribution in [0.1, 0.15) is 12.5 Å². The van der Waals surface area contributed by atoms with Crippen LogP contribution >= 0.6 is 23.2 Å². The molecular weight excluding hydrogens is 221 g/mol. The molecule has 1 aliphatic heterocycles. The van der Waals surface area contributed by atoms with Crippen LogP contribution in [0.3, 0.4) is 0 Å². The summed E-state index contributed by atoms with van der Waals surface area (Å²) in [7, 11) is 0. The number of benzene rings is 1. The lowest BCUT2D eigenvalue weighted by molar-refractivity contribution is 0.276. The topological polar surface area (TPSA) is 21.6 Å². The number of hydrogen-bond acceptors (Lipinski definition) is 2. The van der Waals surface area contributed by atoms with Crippen LogP contribution in [0.4, 0.5) is 0 Å². The summed E-state index contributed by atoms with van der Waals surface area (Å²) in [5.41, 5.74) is 0.502. The molecule has 0 spiro atoms. The monoisotopic (exact) mass is 229 g/mol. The van der Waals surface area contributed by atoms with Crippen LogP contribution in [0.25, 0.3) is 0 Å². The second-order valence-electron chi connectivity index (χ2n) is 3.44. The third kappa shape index (κ3) is 1.60. The molecule has 0 fully saturated rings. The molecule has 2 rings (SSSR count). The van der Waals surface area contributed by atoms with Crippen molar-refractivity contribution in [1.29, 1.82) is 0 Å². The zero-order valence-electron chi connectivity index (χ0n) is 7.63. The molecule has 0 N–H and O–H groups in total. The number of halogens is 2. The molecule has 0 radical (unpaired) electrons. The Labute approximate surface area is 92.5 Å². The lowest BCUT2D eigenvalue weighted by Gasteiger charge is -2.20. The van der Waals surface area contributed by atoms with Crippen LogP contribution in [-0.2, 0) is 10.3 Å². The number of rotatable bonds is 1. The summed E-state index contributed by atoms with van der Waals surface area (Å²) in [5.74, 6) is 0. The Hall–Kier alpha value is -0.730. The van der Waals surface area contributed by atoms with Crippen LogP contribution in [0, 0.1) is 0 Å². The Balaban J connectivity index is 2.49. The fourth-order valence-electron chi connectivity index (χ4n) is 1.45. The van der Waals surface area contributed by atoms with Gasteiger partial charge in [-0.1, -0.05) is 23.2 Å². The molecule has 2 nitrogen and oxygen atoms in total. The Morgan fingerprint density at radius 2 is 2.21 bits per heavy atom. The minimum Gasteiger partial charge on any atom is -0.481 e. The van der Waals surface area contributed by atoms with Gasteiger partial charge in [0.15, 0.2) is 6.40 Å². The van der Waals surface area contributed by atoms with Crippen LogP contribution in [0.5, 0.6) is 0 Å². The molecule has 1 aromatic rings. The summed E-state index contributed by atoms with van der Waals surface area (Å²) in [5, 5.41) is 1.33. The van der Waals surface area contributed by atoms with Crippen molar-refractivity contribution >= 4 is 29.6 Å². The van der Waals surface area contributed by atoms with Crippen molar-refractivity contribution in [2.45, 2.75) is 12.5 Å². The third-order valence-corrected chi connectivity index (χ3v) is 2.85. The molecule has 1 aromatic carbocycles. The van der Waals surface area contributed by atoms with Gasteiger partial charge in [0, 0.05) is 15.6 Å². The average molecular weight is 230 g/mol. The first-order valence-corrected chi connectivity index (χ1v) is 4.98. The number of ether oxygens (including phenoxy) is 1. The van der Waals surface area contributed by atoms with E-state index in [1.807, 2.05) is 13.0 Å². The Morgan fingerprint density at radius 3 is 2.86 bits per heavy atom. The highest BCUT2D eigenvalue weighted by molar-refractivity contribution is 6.33. The summed E-state index contributed by atoms with van der Waals surface area (Å²) >= 11 is 12.0. The van der Waals surface area contributed by atoms with Crippen LogP contribution in [0.15, 0.2) is 23.2 Å². The van der Waals surface area contributed by atoms with Crippen LogP contribution in [0.2, 0.25) is 10.0 Å². The van der Waals surface area contributed by atoms with Gasteiger partial charge in [-0.05, 0) is 25.1 Å². The standard InChI is InChI=1S/C10H9Cl2NO/c1-10(5-14-6-13-10)8-4-7(11)2-3-9(8)12/h2-4,6H,5H2,1H3. The predicted octanol–water partition coefficient (Wildman–Crippen LogP) is 3.27. The van der Waals surface area contributed by atoms with Crippen molar-refractivity contribution in [3.63, 3.8) is 0 Å².